The smallest absolute Gasteiger partial charge is 0.234 e. The zero-order chi connectivity index (χ0) is 30.5. The molecule has 0 aliphatic carbocycles. The molecule has 0 bridgehead atoms. The molecule has 0 saturated carbocycles. The second-order valence-electron chi connectivity index (χ2n) is 11.7. The summed E-state index contributed by atoms with van der Waals surface area (Å²) in [6.07, 6.45) is -1.98. The summed E-state index contributed by atoms with van der Waals surface area (Å²) in [6.45, 7) is 4.73. The number of amides is 1. The van der Waals surface area contributed by atoms with Crippen molar-refractivity contribution in [3.63, 3.8) is 0 Å². The Kier molecular flexibility index (Phi) is 9.09. The highest BCUT2D eigenvalue weighted by Crippen LogP contribution is 2.40. The average Bonchev–Trinajstić information content (AvgIpc) is 3.51. The van der Waals surface area contributed by atoms with E-state index in [0.717, 1.165) is 28.0 Å². The van der Waals surface area contributed by atoms with Crippen LogP contribution >= 0.6 is 0 Å². The van der Waals surface area contributed by atoms with Gasteiger partial charge in [-0.05, 0) is 36.6 Å². The van der Waals surface area contributed by atoms with Crippen LogP contribution in [0.2, 0.25) is 0 Å². The summed E-state index contributed by atoms with van der Waals surface area (Å²) < 4.78 is 31.1. The lowest BCUT2D eigenvalue weighted by Gasteiger charge is -2.33. The van der Waals surface area contributed by atoms with Gasteiger partial charge in [0.15, 0.2) is 12.1 Å². The van der Waals surface area contributed by atoms with Crippen LogP contribution in [0.25, 0.3) is 0 Å². The number of hydrogen-bond donors (Lipinski definition) is 0. The van der Waals surface area contributed by atoms with Crippen molar-refractivity contribution in [3.05, 3.63) is 138 Å². The van der Waals surface area contributed by atoms with Gasteiger partial charge in [-0.25, -0.2) is 0 Å². The van der Waals surface area contributed by atoms with Crippen LogP contribution in [0, 0.1) is 0 Å². The molecule has 0 N–H and O–H groups in total. The van der Waals surface area contributed by atoms with Crippen molar-refractivity contribution in [1.29, 1.82) is 0 Å². The molecule has 7 heteroatoms. The molecular weight excluding hydrogens is 554 g/mol. The minimum atomic E-state index is -0.798. The molecule has 2 saturated heterocycles. The molecule has 7 nitrogen and oxygen atoms in total. The maximum absolute atomic E-state index is 14.8. The largest absolute Gasteiger partial charge is 0.496 e. The number of carbonyl (C=O) groups is 1. The molecule has 44 heavy (non-hydrogen) atoms. The van der Waals surface area contributed by atoms with Gasteiger partial charge in [0, 0.05) is 12.1 Å². The number of carbonyl (C=O) groups excluding carboxylic acids is 1. The standard InChI is InChI=1S/C37H39NO6/c1-37(2)43-34-33(41-25-26-15-7-4-8-16-26)31(42-36(34)44-37)24-38(23-29-21-13-14-22-30(29)40-3)35(39)32(27-17-9-5-10-18-27)28-19-11-6-12-20-28/h4-22,31-34,36H,23-25H2,1-3H3/t31-,33+,34-,36-/m1/s1. The third kappa shape index (κ3) is 6.71. The summed E-state index contributed by atoms with van der Waals surface area (Å²) in [6, 6.07) is 37.6. The second kappa shape index (κ2) is 13.3. The molecule has 0 unspecified atom stereocenters. The summed E-state index contributed by atoms with van der Waals surface area (Å²) in [5.41, 5.74) is 3.78. The highest BCUT2D eigenvalue weighted by Gasteiger charge is 2.56. The first kappa shape index (κ1) is 30.0. The van der Waals surface area contributed by atoms with Gasteiger partial charge >= 0.3 is 0 Å². The van der Waals surface area contributed by atoms with Gasteiger partial charge < -0.3 is 28.6 Å². The maximum atomic E-state index is 14.8. The van der Waals surface area contributed by atoms with E-state index in [0.29, 0.717) is 13.2 Å². The van der Waals surface area contributed by atoms with E-state index >= 15 is 0 Å². The molecule has 4 aromatic rings. The summed E-state index contributed by atoms with van der Waals surface area (Å²) >= 11 is 0. The molecule has 6 rings (SSSR count). The molecule has 1 amide bonds. The molecule has 2 aliphatic heterocycles. The van der Waals surface area contributed by atoms with Gasteiger partial charge in [-0.3, -0.25) is 4.79 Å². The number of para-hydroxylation sites is 1. The van der Waals surface area contributed by atoms with Crippen LogP contribution < -0.4 is 4.74 Å². The van der Waals surface area contributed by atoms with Crippen molar-refractivity contribution >= 4 is 5.91 Å². The normalized spacial score (nSPS) is 22.1. The zero-order valence-corrected chi connectivity index (χ0v) is 25.4. The molecular formula is C37H39NO6. The lowest BCUT2D eigenvalue weighted by atomic mass is 9.89. The number of benzene rings is 4. The van der Waals surface area contributed by atoms with Crippen LogP contribution in [-0.2, 0) is 36.9 Å². The summed E-state index contributed by atoms with van der Waals surface area (Å²) in [4.78, 5) is 16.7. The fourth-order valence-electron chi connectivity index (χ4n) is 6.10. The minimum absolute atomic E-state index is 0.0436. The lowest BCUT2D eigenvalue weighted by Crippen LogP contribution is -2.46. The molecule has 0 spiro atoms. The Bertz CT molecular complexity index is 1470. The van der Waals surface area contributed by atoms with Crippen LogP contribution in [-0.4, -0.2) is 54.9 Å². The van der Waals surface area contributed by atoms with Crippen LogP contribution in [0.4, 0.5) is 0 Å². The van der Waals surface area contributed by atoms with E-state index < -0.39 is 36.3 Å². The van der Waals surface area contributed by atoms with Crippen LogP contribution in [0.3, 0.4) is 0 Å². The Morgan fingerprint density at radius 2 is 1.41 bits per heavy atom. The average molecular weight is 594 g/mol. The number of ether oxygens (including phenoxy) is 5. The van der Waals surface area contributed by atoms with Crippen molar-refractivity contribution in [2.24, 2.45) is 0 Å². The molecule has 4 aromatic carbocycles. The molecule has 2 aliphatic rings. The summed E-state index contributed by atoms with van der Waals surface area (Å²) in [5.74, 6) is -0.635. The molecule has 4 atom stereocenters. The highest BCUT2D eigenvalue weighted by molar-refractivity contribution is 5.87. The van der Waals surface area contributed by atoms with Crippen LogP contribution in [0.15, 0.2) is 115 Å². The number of rotatable bonds is 11. The Labute approximate surface area is 259 Å². The summed E-state index contributed by atoms with van der Waals surface area (Å²) in [5, 5.41) is 0. The minimum Gasteiger partial charge on any atom is -0.496 e. The van der Waals surface area contributed by atoms with Gasteiger partial charge in [0.2, 0.25) is 5.91 Å². The predicted octanol–water partition coefficient (Wildman–Crippen LogP) is 6.32. The second-order valence-corrected chi connectivity index (χ2v) is 11.7. The molecule has 2 heterocycles. The quantitative estimate of drug-likeness (QED) is 0.203. The van der Waals surface area contributed by atoms with E-state index in [1.165, 1.54) is 0 Å². The third-order valence-electron chi connectivity index (χ3n) is 8.15. The number of methoxy groups -OCH3 is 1. The monoisotopic (exact) mass is 593 g/mol. The molecule has 0 radical (unpaired) electrons. The molecule has 2 fully saturated rings. The number of hydrogen-bond acceptors (Lipinski definition) is 6. The molecule has 228 valence electrons. The van der Waals surface area contributed by atoms with Crippen molar-refractivity contribution in [3.8, 4) is 5.75 Å². The maximum Gasteiger partial charge on any atom is 0.234 e. The first-order valence-electron chi connectivity index (χ1n) is 15.1. The zero-order valence-electron chi connectivity index (χ0n) is 25.4. The van der Waals surface area contributed by atoms with E-state index in [1.54, 1.807) is 7.11 Å². The highest BCUT2D eigenvalue weighted by atomic mass is 16.8. The SMILES string of the molecule is COc1ccccc1CN(C[C@H]1O[C@@H]2OC(C)(C)O[C@@H]2[C@H]1OCc1ccccc1)C(=O)C(c1ccccc1)c1ccccc1. The molecule has 0 aromatic heterocycles. The van der Waals surface area contributed by atoms with Crippen molar-refractivity contribution in [2.45, 2.75) is 63.3 Å². The van der Waals surface area contributed by atoms with Crippen molar-refractivity contribution < 1.29 is 28.5 Å². The van der Waals surface area contributed by atoms with Crippen molar-refractivity contribution in [2.75, 3.05) is 13.7 Å². The van der Waals surface area contributed by atoms with Gasteiger partial charge in [0.05, 0.1) is 26.2 Å². The summed E-state index contributed by atoms with van der Waals surface area (Å²) in [7, 11) is 1.65. The Balaban J connectivity index is 1.34. The topological polar surface area (TPSA) is 66.5 Å². The van der Waals surface area contributed by atoms with E-state index in [2.05, 4.69) is 0 Å². The number of nitrogens with zero attached hydrogens (tertiary/aromatic N) is 1. The van der Waals surface area contributed by atoms with Gasteiger partial charge in [0.25, 0.3) is 0 Å². The first-order chi connectivity index (χ1) is 21.4. The van der Waals surface area contributed by atoms with Gasteiger partial charge in [-0.15, -0.1) is 0 Å². The van der Waals surface area contributed by atoms with E-state index in [-0.39, 0.29) is 12.5 Å². The van der Waals surface area contributed by atoms with E-state index in [1.807, 2.05) is 134 Å². The van der Waals surface area contributed by atoms with E-state index in [9.17, 15) is 4.79 Å². The Hall–Kier alpha value is -4.01. The Morgan fingerprint density at radius 3 is 2.05 bits per heavy atom. The lowest BCUT2D eigenvalue weighted by molar-refractivity contribution is -0.221. The fraction of sp³-hybridized carbons (Fsp3) is 0.324. The van der Waals surface area contributed by atoms with Crippen LogP contribution in [0.1, 0.15) is 42.0 Å². The van der Waals surface area contributed by atoms with Crippen LogP contribution in [0.5, 0.6) is 5.75 Å². The van der Waals surface area contributed by atoms with Gasteiger partial charge in [-0.2, -0.15) is 0 Å². The predicted molar refractivity (Wildman–Crippen MR) is 167 cm³/mol. The van der Waals surface area contributed by atoms with Gasteiger partial charge in [-0.1, -0.05) is 109 Å². The third-order valence-corrected chi connectivity index (χ3v) is 8.15. The van der Waals surface area contributed by atoms with Crippen molar-refractivity contribution in [1.82, 2.24) is 4.90 Å². The Morgan fingerprint density at radius 1 is 0.818 bits per heavy atom. The first-order valence-corrected chi connectivity index (χ1v) is 15.1. The fourth-order valence-corrected chi connectivity index (χ4v) is 6.10. The van der Waals surface area contributed by atoms with Gasteiger partial charge in [0.1, 0.15) is 24.1 Å². The van der Waals surface area contributed by atoms with E-state index in [4.69, 9.17) is 23.7 Å². The number of fused-ring (bicyclic) bond motifs is 1.